The number of hydrogen-bond acceptors (Lipinski definition) is 4. The predicted molar refractivity (Wildman–Crippen MR) is 59.0 cm³/mol. The van der Waals surface area contributed by atoms with Crippen LogP contribution in [0.5, 0.6) is 5.75 Å². The van der Waals surface area contributed by atoms with E-state index in [0.29, 0.717) is 11.8 Å². The number of halogens is 2. The molecule has 0 N–H and O–H groups in total. The average Bonchev–Trinajstić information content (AvgIpc) is 2.31. The molecule has 1 rings (SSSR count). The lowest BCUT2D eigenvalue weighted by Crippen LogP contribution is -2.24. The minimum absolute atomic E-state index is 0.0298. The van der Waals surface area contributed by atoms with Crippen LogP contribution in [0.2, 0.25) is 5.02 Å². The third-order valence-electron chi connectivity index (χ3n) is 1.79. The first-order valence-electron chi connectivity index (χ1n) is 4.80. The first-order chi connectivity index (χ1) is 8.08. The maximum absolute atomic E-state index is 13.2. The van der Waals surface area contributed by atoms with E-state index in [4.69, 9.17) is 11.6 Å². The Bertz CT molecular complexity index is 422. The summed E-state index contributed by atoms with van der Waals surface area (Å²) in [6, 6.07) is 4.01. The van der Waals surface area contributed by atoms with E-state index in [9.17, 15) is 14.0 Å². The molecule has 0 aliphatic heterocycles. The van der Waals surface area contributed by atoms with Crippen LogP contribution in [0.1, 0.15) is 17.3 Å². The minimum Gasteiger partial charge on any atom is -0.461 e. The number of aldehydes is 1. The summed E-state index contributed by atoms with van der Waals surface area (Å²) in [6.07, 6.45) is -1.65. The standard InChI is InChI=1S/C11H10ClFO4/c1-2-16-11(15)10(13)17-9-4-3-7(6-14)5-8(9)12/h3-6,10H,2H2,1H3. The van der Waals surface area contributed by atoms with Crippen LogP contribution in [0, 0.1) is 0 Å². The number of benzene rings is 1. The lowest BCUT2D eigenvalue weighted by atomic mass is 10.2. The van der Waals surface area contributed by atoms with Gasteiger partial charge in [-0.3, -0.25) is 4.79 Å². The summed E-state index contributed by atoms with van der Waals surface area (Å²) in [6.45, 7) is 1.61. The van der Waals surface area contributed by atoms with Crippen molar-refractivity contribution in [3.63, 3.8) is 0 Å². The minimum atomic E-state index is -2.24. The van der Waals surface area contributed by atoms with Crippen LogP contribution in [0.4, 0.5) is 4.39 Å². The summed E-state index contributed by atoms with van der Waals surface area (Å²) in [5, 5.41) is 0.0431. The smallest absolute Gasteiger partial charge is 0.381 e. The van der Waals surface area contributed by atoms with Gasteiger partial charge in [0.1, 0.15) is 12.0 Å². The van der Waals surface area contributed by atoms with Crippen LogP contribution in [0.3, 0.4) is 0 Å². The highest BCUT2D eigenvalue weighted by atomic mass is 35.5. The molecule has 4 nitrogen and oxygen atoms in total. The summed E-state index contributed by atoms with van der Waals surface area (Å²) < 4.78 is 22.3. The fraction of sp³-hybridized carbons (Fsp3) is 0.273. The number of carbonyl (C=O) groups excluding carboxylic acids is 2. The lowest BCUT2D eigenvalue weighted by molar-refractivity contribution is -0.159. The molecule has 17 heavy (non-hydrogen) atoms. The number of ether oxygens (including phenoxy) is 2. The normalized spacial score (nSPS) is 11.7. The van der Waals surface area contributed by atoms with E-state index in [1.807, 2.05) is 0 Å². The topological polar surface area (TPSA) is 52.6 Å². The Morgan fingerprint density at radius 1 is 1.59 bits per heavy atom. The quantitative estimate of drug-likeness (QED) is 0.603. The first-order valence-corrected chi connectivity index (χ1v) is 5.18. The molecule has 0 spiro atoms. The number of carbonyl (C=O) groups is 2. The monoisotopic (exact) mass is 260 g/mol. The van der Waals surface area contributed by atoms with Crippen LogP contribution in [-0.2, 0) is 9.53 Å². The van der Waals surface area contributed by atoms with Gasteiger partial charge in [-0.15, -0.1) is 0 Å². The first kappa shape index (κ1) is 13.4. The molecule has 1 atom stereocenters. The summed E-state index contributed by atoms with van der Waals surface area (Å²) >= 11 is 5.73. The van der Waals surface area contributed by atoms with Crippen LogP contribution in [-0.4, -0.2) is 25.2 Å². The lowest BCUT2D eigenvalue weighted by Gasteiger charge is -2.11. The van der Waals surface area contributed by atoms with Crippen molar-refractivity contribution in [2.45, 2.75) is 13.3 Å². The summed E-state index contributed by atoms with van der Waals surface area (Å²) in [4.78, 5) is 21.4. The fourth-order valence-electron chi connectivity index (χ4n) is 1.05. The van der Waals surface area contributed by atoms with Gasteiger partial charge in [0.2, 0.25) is 0 Å². The van der Waals surface area contributed by atoms with Crippen LogP contribution >= 0.6 is 11.6 Å². The molecule has 0 fully saturated rings. The zero-order chi connectivity index (χ0) is 12.8. The van der Waals surface area contributed by atoms with Gasteiger partial charge in [-0.05, 0) is 25.1 Å². The van der Waals surface area contributed by atoms with Crippen molar-refractivity contribution in [2.75, 3.05) is 6.61 Å². The number of esters is 1. The highest BCUT2D eigenvalue weighted by molar-refractivity contribution is 6.32. The Morgan fingerprint density at radius 2 is 2.29 bits per heavy atom. The molecule has 0 aromatic heterocycles. The maximum Gasteiger partial charge on any atom is 0.381 e. The van der Waals surface area contributed by atoms with Crippen molar-refractivity contribution in [2.24, 2.45) is 0 Å². The predicted octanol–water partition coefficient (Wildman–Crippen LogP) is 2.39. The van der Waals surface area contributed by atoms with Crippen molar-refractivity contribution in [1.29, 1.82) is 0 Å². The fourth-order valence-corrected chi connectivity index (χ4v) is 1.29. The van der Waals surface area contributed by atoms with E-state index in [-0.39, 0.29) is 17.4 Å². The number of alkyl halides is 1. The third kappa shape index (κ3) is 3.71. The molecule has 1 aromatic carbocycles. The van der Waals surface area contributed by atoms with Gasteiger partial charge in [0.25, 0.3) is 0 Å². The molecule has 0 bridgehead atoms. The van der Waals surface area contributed by atoms with Crippen molar-refractivity contribution in [3.8, 4) is 5.75 Å². The zero-order valence-electron chi connectivity index (χ0n) is 8.98. The van der Waals surface area contributed by atoms with Crippen LogP contribution < -0.4 is 4.74 Å². The second kappa shape index (κ2) is 6.20. The van der Waals surface area contributed by atoms with Crippen LogP contribution in [0.15, 0.2) is 18.2 Å². The van der Waals surface area contributed by atoms with Crippen molar-refractivity contribution < 1.29 is 23.5 Å². The van der Waals surface area contributed by atoms with Gasteiger partial charge in [0.05, 0.1) is 11.6 Å². The Labute approximate surface area is 102 Å². The van der Waals surface area contributed by atoms with Crippen molar-refractivity contribution in [3.05, 3.63) is 28.8 Å². The molecule has 0 radical (unpaired) electrons. The highest BCUT2D eigenvalue weighted by Gasteiger charge is 2.21. The molecular formula is C11H10ClFO4. The van der Waals surface area contributed by atoms with Gasteiger partial charge < -0.3 is 9.47 Å². The Hall–Kier alpha value is -1.62. The summed E-state index contributed by atoms with van der Waals surface area (Å²) in [7, 11) is 0. The second-order valence-electron chi connectivity index (χ2n) is 2.99. The van der Waals surface area contributed by atoms with Gasteiger partial charge in [-0.25, -0.2) is 4.79 Å². The Balaban J connectivity index is 2.74. The molecule has 0 heterocycles. The second-order valence-corrected chi connectivity index (χ2v) is 3.40. The molecule has 6 heteroatoms. The van der Waals surface area contributed by atoms with Gasteiger partial charge in [0, 0.05) is 5.56 Å². The maximum atomic E-state index is 13.2. The van der Waals surface area contributed by atoms with E-state index in [0.717, 1.165) is 0 Å². The molecular weight excluding hydrogens is 251 g/mol. The van der Waals surface area contributed by atoms with E-state index in [1.54, 1.807) is 6.92 Å². The Morgan fingerprint density at radius 3 is 2.82 bits per heavy atom. The average molecular weight is 261 g/mol. The van der Waals surface area contributed by atoms with Crippen molar-refractivity contribution >= 4 is 23.9 Å². The zero-order valence-corrected chi connectivity index (χ0v) is 9.74. The molecule has 1 unspecified atom stereocenters. The highest BCUT2D eigenvalue weighted by Crippen LogP contribution is 2.26. The number of hydrogen-bond donors (Lipinski definition) is 0. The number of rotatable bonds is 5. The largest absolute Gasteiger partial charge is 0.461 e. The SMILES string of the molecule is CCOC(=O)C(F)Oc1ccc(C=O)cc1Cl. The van der Waals surface area contributed by atoms with E-state index in [1.165, 1.54) is 18.2 Å². The summed E-state index contributed by atoms with van der Waals surface area (Å²) in [5.41, 5.74) is 0.328. The van der Waals surface area contributed by atoms with E-state index in [2.05, 4.69) is 9.47 Å². The van der Waals surface area contributed by atoms with Gasteiger partial charge in [-0.2, -0.15) is 4.39 Å². The molecule has 1 aromatic rings. The summed E-state index contributed by atoms with van der Waals surface area (Å²) in [5.74, 6) is -1.15. The molecule has 0 saturated heterocycles. The molecule has 0 amide bonds. The van der Waals surface area contributed by atoms with E-state index >= 15 is 0 Å². The van der Waals surface area contributed by atoms with Gasteiger partial charge >= 0.3 is 12.3 Å². The third-order valence-corrected chi connectivity index (χ3v) is 2.09. The van der Waals surface area contributed by atoms with Gasteiger partial charge in [-0.1, -0.05) is 11.6 Å². The molecule has 92 valence electrons. The van der Waals surface area contributed by atoms with Crippen LogP contribution in [0.25, 0.3) is 0 Å². The van der Waals surface area contributed by atoms with E-state index < -0.39 is 12.3 Å². The Kier molecular flexibility index (Phi) is 4.90. The van der Waals surface area contributed by atoms with Gasteiger partial charge in [0.15, 0.2) is 0 Å². The molecule has 0 saturated carbocycles. The van der Waals surface area contributed by atoms with Crippen molar-refractivity contribution in [1.82, 2.24) is 0 Å². The molecule has 0 aliphatic rings. The molecule has 0 aliphatic carbocycles.